The van der Waals surface area contributed by atoms with E-state index in [1.807, 2.05) is 13.8 Å². The molecule has 0 aliphatic carbocycles. The zero-order chi connectivity index (χ0) is 14.8. The van der Waals surface area contributed by atoms with E-state index in [0.29, 0.717) is 5.56 Å². The van der Waals surface area contributed by atoms with Gasteiger partial charge in [0.1, 0.15) is 9.77 Å². The summed E-state index contributed by atoms with van der Waals surface area (Å²) in [6.45, 7) is 7.31. The van der Waals surface area contributed by atoms with Gasteiger partial charge < -0.3 is 4.74 Å². The topological polar surface area (TPSA) is 72.5 Å². The van der Waals surface area contributed by atoms with Crippen molar-refractivity contribution in [3.63, 3.8) is 0 Å². The van der Waals surface area contributed by atoms with Crippen LogP contribution in [-0.2, 0) is 14.8 Å². The first kappa shape index (κ1) is 16.1. The number of thiophene rings is 1. The molecule has 1 rings (SSSR count). The molecule has 0 aliphatic rings. The fraction of sp³-hybridized carbons (Fsp3) is 0.583. The number of carbonyl (C=O) groups is 1. The highest BCUT2D eigenvalue weighted by Gasteiger charge is 2.29. The minimum absolute atomic E-state index is 0.0249. The van der Waals surface area contributed by atoms with Crippen molar-refractivity contribution in [1.29, 1.82) is 0 Å². The molecular weight excluding hydrogens is 286 g/mol. The van der Waals surface area contributed by atoms with Crippen LogP contribution in [0.1, 0.15) is 36.0 Å². The Morgan fingerprint density at radius 3 is 2.42 bits per heavy atom. The summed E-state index contributed by atoms with van der Waals surface area (Å²) in [6, 6.07) is -0.213. The molecule has 0 aliphatic heterocycles. The van der Waals surface area contributed by atoms with Gasteiger partial charge in [0.25, 0.3) is 0 Å². The quantitative estimate of drug-likeness (QED) is 0.846. The van der Waals surface area contributed by atoms with Crippen molar-refractivity contribution in [2.75, 3.05) is 7.11 Å². The first-order valence-electron chi connectivity index (χ1n) is 5.89. The Kier molecular flexibility index (Phi) is 5.11. The van der Waals surface area contributed by atoms with Gasteiger partial charge in [0.2, 0.25) is 10.0 Å². The molecule has 5 nitrogen and oxygen atoms in total. The highest BCUT2D eigenvalue weighted by atomic mass is 32.2. The maximum absolute atomic E-state index is 12.4. The van der Waals surface area contributed by atoms with Crippen molar-refractivity contribution in [3.8, 4) is 0 Å². The smallest absolute Gasteiger partial charge is 0.349 e. The number of carbonyl (C=O) groups excluding carboxylic acids is 1. The van der Waals surface area contributed by atoms with Crippen LogP contribution in [0.4, 0.5) is 0 Å². The molecule has 1 atom stereocenters. The normalized spacial score (nSPS) is 13.6. The predicted molar refractivity (Wildman–Crippen MR) is 75.0 cm³/mol. The third-order valence-corrected chi connectivity index (χ3v) is 5.85. The number of sulfonamides is 1. The van der Waals surface area contributed by atoms with Crippen LogP contribution in [0.3, 0.4) is 0 Å². The standard InChI is InChI=1S/C12H19NO4S2/c1-7(2)9(4)13-19(15,16)11-8(3)6-18-10(11)12(14)17-5/h6-7,9,13H,1-5H3. The van der Waals surface area contributed by atoms with Gasteiger partial charge in [0.15, 0.2) is 0 Å². The first-order chi connectivity index (χ1) is 8.70. The van der Waals surface area contributed by atoms with Gasteiger partial charge in [-0.05, 0) is 30.7 Å². The van der Waals surface area contributed by atoms with E-state index in [4.69, 9.17) is 0 Å². The second kappa shape index (κ2) is 6.02. The van der Waals surface area contributed by atoms with Gasteiger partial charge in [-0.25, -0.2) is 17.9 Å². The molecular formula is C12H19NO4S2. The fourth-order valence-corrected chi connectivity index (χ4v) is 4.54. The Morgan fingerprint density at radius 1 is 1.37 bits per heavy atom. The van der Waals surface area contributed by atoms with Crippen LogP contribution in [-0.4, -0.2) is 27.5 Å². The molecule has 0 amide bonds. The summed E-state index contributed by atoms with van der Waals surface area (Å²) < 4.78 is 31.9. The van der Waals surface area contributed by atoms with Crippen LogP contribution in [0.15, 0.2) is 10.3 Å². The molecule has 0 fully saturated rings. The number of ether oxygens (including phenoxy) is 1. The highest BCUT2D eigenvalue weighted by molar-refractivity contribution is 7.89. The second-order valence-corrected chi connectivity index (χ2v) is 7.25. The lowest BCUT2D eigenvalue weighted by molar-refractivity contribution is 0.0602. The average molecular weight is 305 g/mol. The van der Waals surface area contributed by atoms with Crippen LogP contribution in [0.5, 0.6) is 0 Å². The van der Waals surface area contributed by atoms with Gasteiger partial charge in [0.05, 0.1) is 7.11 Å². The molecule has 0 saturated carbocycles. The van der Waals surface area contributed by atoms with Crippen LogP contribution in [0.25, 0.3) is 0 Å². The molecule has 19 heavy (non-hydrogen) atoms. The van der Waals surface area contributed by atoms with Crippen molar-refractivity contribution < 1.29 is 17.9 Å². The summed E-state index contributed by atoms with van der Waals surface area (Å²) in [5.41, 5.74) is 0.550. The van der Waals surface area contributed by atoms with Gasteiger partial charge in [-0.2, -0.15) is 0 Å². The van der Waals surface area contributed by atoms with E-state index in [2.05, 4.69) is 9.46 Å². The van der Waals surface area contributed by atoms with E-state index in [9.17, 15) is 13.2 Å². The minimum Gasteiger partial charge on any atom is -0.465 e. The van der Waals surface area contributed by atoms with Crippen LogP contribution >= 0.6 is 11.3 Å². The number of esters is 1. The van der Waals surface area contributed by atoms with Gasteiger partial charge in [-0.1, -0.05) is 13.8 Å². The summed E-state index contributed by atoms with van der Waals surface area (Å²) in [5, 5.41) is 1.64. The molecule has 7 heteroatoms. The molecule has 1 aromatic heterocycles. The van der Waals surface area contributed by atoms with Crippen molar-refractivity contribution in [1.82, 2.24) is 4.72 Å². The van der Waals surface area contributed by atoms with E-state index in [1.54, 1.807) is 19.2 Å². The lowest BCUT2D eigenvalue weighted by Gasteiger charge is -2.18. The Bertz CT molecular complexity index is 560. The van der Waals surface area contributed by atoms with Crippen LogP contribution < -0.4 is 4.72 Å². The highest BCUT2D eigenvalue weighted by Crippen LogP contribution is 2.27. The van der Waals surface area contributed by atoms with Gasteiger partial charge in [0, 0.05) is 6.04 Å². The number of hydrogen-bond donors (Lipinski definition) is 1. The van der Waals surface area contributed by atoms with Gasteiger partial charge in [-0.15, -0.1) is 11.3 Å². The van der Waals surface area contributed by atoms with Crippen molar-refractivity contribution in [2.45, 2.75) is 38.6 Å². The predicted octanol–water partition coefficient (Wildman–Crippen LogP) is 2.17. The fourth-order valence-electron chi connectivity index (χ4n) is 1.44. The summed E-state index contributed by atoms with van der Waals surface area (Å²) in [5.74, 6) is -0.467. The Hall–Kier alpha value is -0.920. The Balaban J connectivity index is 3.22. The molecule has 1 N–H and O–H groups in total. The minimum atomic E-state index is -3.72. The van der Waals surface area contributed by atoms with Crippen LogP contribution in [0, 0.1) is 12.8 Å². The third-order valence-electron chi connectivity index (χ3n) is 2.90. The molecule has 1 aromatic rings. The zero-order valence-corrected chi connectivity index (χ0v) is 13.3. The van der Waals surface area contributed by atoms with E-state index in [-0.39, 0.29) is 21.7 Å². The number of aryl methyl sites for hydroxylation is 1. The molecule has 1 unspecified atom stereocenters. The maximum Gasteiger partial charge on any atom is 0.349 e. The SMILES string of the molecule is COC(=O)c1scc(C)c1S(=O)(=O)NC(C)C(C)C. The Morgan fingerprint density at radius 2 is 1.95 bits per heavy atom. The van der Waals surface area contributed by atoms with Crippen molar-refractivity contribution >= 4 is 27.3 Å². The number of rotatable bonds is 5. The van der Waals surface area contributed by atoms with E-state index < -0.39 is 16.0 Å². The molecule has 0 aromatic carbocycles. The van der Waals surface area contributed by atoms with E-state index in [0.717, 1.165) is 11.3 Å². The largest absolute Gasteiger partial charge is 0.465 e. The van der Waals surface area contributed by atoms with E-state index >= 15 is 0 Å². The molecule has 0 radical (unpaired) electrons. The lowest BCUT2D eigenvalue weighted by Crippen LogP contribution is -2.36. The van der Waals surface area contributed by atoms with Gasteiger partial charge in [-0.3, -0.25) is 0 Å². The number of hydrogen-bond acceptors (Lipinski definition) is 5. The summed E-state index contributed by atoms with van der Waals surface area (Å²) in [6.07, 6.45) is 0. The lowest BCUT2D eigenvalue weighted by atomic mass is 10.1. The molecule has 0 spiro atoms. The first-order valence-corrected chi connectivity index (χ1v) is 8.25. The van der Waals surface area contributed by atoms with Crippen LogP contribution in [0.2, 0.25) is 0 Å². The third kappa shape index (κ3) is 3.55. The van der Waals surface area contributed by atoms with Crippen molar-refractivity contribution in [2.24, 2.45) is 5.92 Å². The summed E-state index contributed by atoms with van der Waals surface area (Å²) in [7, 11) is -2.48. The Labute approximate surface area is 118 Å². The molecule has 0 saturated heterocycles. The average Bonchev–Trinajstić information content (AvgIpc) is 2.70. The molecule has 108 valence electrons. The molecule has 1 heterocycles. The number of methoxy groups -OCH3 is 1. The second-order valence-electron chi connectivity index (χ2n) is 4.72. The van der Waals surface area contributed by atoms with E-state index in [1.165, 1.54) is 7.11 Å². The maximum atomic E-state index is 12.4. The summed E-state index contributed by atoms with van der Waals surface area (Å²) >= 11 is 1.08. The van der Waals surface area contributed by atoms with Gasteiger partial charge >= 0.3 is 5.97 Å². The van der Waals surface area contributed by atoms with Crippen molar-refractivity contribution in [3.05, 3.63) is 15.8 Å². The molecule has 0 bridgehead atoms. The number of nitrogens with one attached hydrogen (secondary N) is 1. The summed E-state index contributed by atoms with van der Waals surface area (Å²) in [4.78, 5) is 11.7. The monoisotopic (exact) mass is 305 g/mol. The zero-order valence-electron chi connectivity index (χ0n) is 11.7.